The largest absolute Gasteiger partial charge is 0.478 e. The van der Waals surface area contributed by atoms with E-state index in [9.17, 15) is 20.0 Å². The SMILES string of the molecule is O=C(O)c1ccc([N+](=O)[O-])c(NCC2CCCC2O)c1. The summed E-state index contributed by atoms with van der Waals surface area (Å²) in [5, 5.41) is 32.5. The average Bonchev–Trinajstić information content (AvgIpc) is 2.81. The normalized spacial score (nSPS) is 21.6. The lowest BCUT2D eigenvalue weighted by Gasteiger charge is -2.16. The van der Waals surface area contributed by atoms with Gasteiger partial charge in [0.15, 0.2) is 0 Å². The number of aliphatic hydroxyl groups excluding tert-OH is 1. The van der Waals surface area contributed by atoms with Crippen LogP contribution in [0.3, 0.4) is 0 Å². The number of benzene rings is 1. The molecule has 0 spiro atoms. The second kappa shape index (κ2) is 5.87. The molecule has 1 aromatic carbocycles. The number of aliphatic hydroxyl groups is 1. The summed E-state index contributed by atoms with van der Waals surface area (Å²) in [4.78, 5) is 21.3. The van der Waals surface area contributed by atoms with E-state index in [4.69, 9.17) is 5.11 Å². The number of hydrogen-bond donors (Lipinski definition) is 3. The van der Waals surface area contributed by atoms with Crippen LogP contribution in [-0.4, -0.2) is 33.8 Å². The van der Waals surface area contributed by atoms with Crippen LogP contribution in [0, 0.1) is 16.0 Å². The van der Waals surface area contributed by atoms with Gasteiger partial charge in [0.1, 0.15) is 5.69 Å². The second-order valence-electron chi connectivity index (χ2n) is 4.93. The highest BCUT2D eigenvalue weighted by Gasteiger charge is 2.26. The Morgan fingerprint density at radius 1 is 1.45 bits per heavy atom. The lowest BCUT2D eigenvalue weighted by molar-refractivity contribution is -0.384. The lowest BCUT2D eigenvalue weighted by Crippen LogP contribution is -2.22. The molecule has 1 aliphatic rings. The number of nitro groups is 1. The molecule has 0 heterocycles. The Labute approximate surface area is 115 Å². The van der Waals surface area contributed by atoms with Crippen molar-refractivity contribution in [3.05, 3.63) is 33.9 Å². The van der Waals surface area contributed by atoms with E-state index in [0.717, 1.165) is 19.3 Å². The van der Waals surface area contributed by atoms with E-state index >= 15 is 0 Å². The molecular formula is C13H16N2O5. The Morgan fingerprint density at radius 3 is 2.75 bits per heavy atom. The third-order valence-electron chi connectivity index (χ3n) is 3.61. The van der Waals surface area contributed by atoms with Crippen LogP contribution in [0.15, 0.2) is 18.2 Å². The van der Waals surface area contributed by atoms with Crippen molar-refractivity contribution in [3.8, 4) is 0 Å². The number of nitrogens with one attached hydrogen (secondary N) is 1. The van der Waals surface area contributed by atoms with Crippen LogP contribution in [0.5, 0.6) is 0 Å². The minimum Gasteiger partial charge on any atom is -0.478 e. The number of carboxylic acids is 1. The summed E-state index contributed by atoms with van der Waals surface area (Å²) in [5.74, 6) is -1.09. The molecule has 0 radical (unpaired) electrons. The third kappa shape index (κ3) is 3.05. The van der Waals surface area contributed by atoms with E-state index in [1.54, 1.807) is 0 Å². The van der Waals surface area contributed by atoms with Crippen molar-refractivity contribution in [1.29, 1.82) is 0 Å². The molecule has 1 saturated carbocycles. The van der Waals surface area contributed by atoms with Crippen LogP contribution in [0.2, 0.25) is 0 Å². The molecule has 0 aromatic heterocycles. The molecule has 1 aliphatic carbocycles. The number of carboxylic acid groups (broad SMARTS) is 1. The molecular weight excluding hydrogens is 264 g/mol. The Bertz CT molecular complexity index is 531. The van der Waals surface area contributed by atoms with E-state index < -0.39 is 17.0 Å². The maximum Gasteiger partial charge on any atom is 0.335 e. The smallest absolute Gasteiger partial charge is 0.335 e. The molecule has 0 saturated heterocycles. The predicted octanol–water partition coefficient (Wildman–Crippen LogP) is 1.87. The van der Waals surface area contributed by atoms with Crippen molar-refractivity contribution in [2.45, 2.75) is 25.4 Å². The van der Waals surface area contributed by atoms with Gasteiger partial charge < -0.3 is 15.5 Å². The van der Waals surface area contributed by atoms with Gasteiger partial charge in [-0.1, -0.05) is 6.42 Å². The van der Waals surface area contributed by atoms with Crippen molar-refractivity contribution in [2.24, 2.45) is 5.92 Å². The van der Waals surface area contributed by atoms with Gasteiger partial charge in [0.25, 0.3) is 5.69 Å². The van der Waals surface area contributed by atoms with Crippen molar-refractivity contribution in [1.82, 2.24) is 0 Å². The van der Waals surface area contributed by atoms with Crippen LogP contribution in [0.1, 0.15) is 29.6 Å². The zero-order valence-electron chi connectivity index (χ0n) is 10.8. The van der Waals surface area contributed by atoms with Crippen LogP contribution in [-0.2, 0) is 0 Å². The Kier molecular flexibility index (Phi) is 4.19. The number of aromatic carboxylic acids is 1. The second-order valence-corrected chi connectivity index (χ2v) is 4.93. The number of hydrogen-bond acceptors (Lipinski definition) is 5. The topological polar surface area (TPSA) is 113 Å². The van der Waals surface area contributed by atoms with Gasteiger partial charge in [0.05, 0.1) is 16.6 Å². The quantitative estimate of drug-likeness (QED) is 0.560. The van der Waals surface area contributed by atoms with E-state index in [0.29, 0.717) is 6.54 Å². The fourth-order valence-electron chi connectivity index (χ4n) is 2.47. The summed E-state index contributed by atoms with van der Waals surface area (Å²) in [6.07, 6.45) is 2.14. The number of rotatable bonds is 5. The number of anilines is 1. The molecule has 108 valence electrons. The van der Waals surface area contributed by atoms with Gasteiger partial charge in [0, 0.05) is 18.5 Å². The molecule has 3 N–H and O–H groups in total. The molecule has 7 nitrogen and oxygen atoms in total. The molecule has 20 heavy (non-hydrogen) atoms. The summed E-state index contributed by atoms with van der Waals surface area (Å²) < 4.78 is 0. The summed E-state index contributed by atoms with van der Waals surface area (Å²) in [5.41, 5.74) is 0.00144. The zero-order chi connectivity index (χ0) is 14.7. The number of carbonyl (C=O) groups is 1. The first-order valence-corrected chi connectivity index (χ1v) is 6.42. The van der Waals surface area contributed by atoms with Crippen molar-refractivity contribution in [2.75, 3.05) is 11.9 Å². The van der Waals surface area contributed by atoms with Gasteiger partial charge in [-0.2, -0.15) is 0 Å². The fourth-order valence-corrected chi connectivity index (χ4v) is 2.47. The van der Waals surface area contributed by atoms with Crippen molar-refractivity contribution < 1.29 is 19.9 Å². The monoisotopic (exact) mass is 280 g/mol. The van der Waals surface area contributed by atoms with Gasteiger partial charge in [-0.3, -0.25) is 10.1 Å². The lowest BCUT2D eigenvalue weighted by atomic mass is 10.1. The minimum absolute atomic E-state index is 0.00919. The first-order valence-electron chi connectivity index (χ1n) is 6.42. The fraction of sp³-hybridized carbons (Fsp3) is 0.462. The highest BCUT2D eigenvalue weighted by molar-refractivity contribution is 5.90. The number of nitro benzene ring substituents is 1. The molecule has 1 fully saturated rings. The summed E-state index contributed by atoms with van der Waals surface area (Å²) >= 11 is 0. The minimum atomic E-state index is -1.14. The average molecular weight is 280 g/mol. The van der Waals surface area contributed by atoms with Crippen LogP contribution < -0.4 is 5.32 Å². The van der Waals surface area contributed by atoms with Gasteiger partial charge in [-0.25, -0.2) is 4.79 Å². The van der Waals surface area contributed by atoms with Crippen LogP contribution in [0.4, 0.5) is 11.4 Å². The number of nitrogens with zero attached hydrogens (tertiary/aromatic N) is 1. The van der Waals surface area contributed by atoms with E-state index in [1.165, 1.54) is 18.2 Å². The summed E-state index contributed by atoms with van der Waals surface area (Å²) in [6, 6.07) is 3.63. The molecule has 2 unspecified atom stereocenters. The Hall–Kier alpha value is -2.15. The first kappa shape index (κ1) is 14.3. The molecule has 0 bridgehead atoms. The Morgan fingerprint density at radius 2 is 2.20 bits per heavy atom. The van der Waals surface area contributed by atoms with E-state index in [1.807, 2.05) is 0 Å². The van der Waals surface area contributed by atoms with Crippen molar-refractivity contribution >= 4 is 17.3 Å². The van der Waals surface area contributed by atoms with Gasteiger partial charge in [0.2, 0.25) is 0 Å². The van der Waals surface area contributed by atoms with Gasteiger partial charge in [-0.15, -0.1) is 0 Å². The Balaban J connectivity index is 2.17. The summed E-state index contributed by atoms with van der Waals surface area (Å²) in [6.45, 7) is 0.394. The third-order valence-corrected chi connectivity index (χ3v) is 3.61. The zero-order valence-corrected chi connectivity index (χ0v) is 10.8. The maximum atomic E-state index is 10.9. The highest BCUT2D eigenvalue weighted by atomic mass is 16.6. The predicted molar refractivity (Wildman–Crippen MR) is 71.9 cm³/mol. The highest BCUT2D eigenvalue weighted by Crippen LogP contribution is 2.29. The van der Waals surface area contributed by atoms with Gasteiger partial charge >= 0.3 is 5.97 Å². The molecule has 1 aromatic rings. The standard InChI is InChI=1S/C13H16N2O5/c16-12-3-1-2-9(12)7-14-10-6-8(13(17)18)4-5-11(10)15(19)20/h4-6,9,12,14,16H,1-3,7H2,(H,17,18). The van der Waals surface area contributed by atoms with Crippen LogP contribution in [0.25, 0.3) is 0 Å². The molecule has 7 heteroatoms. The van der Waals surface area contributed by atoms with Crippen molar-refractivity contribution in [3.63, 3.8) is 0 Å². The van der Waals surface area contributed by atoms with E-state index in [-0.39, 0.29) is 22.9 Å². The van der Waals surface area contributed by atoms with Gasteiger partial charge in [-0.05, 0) is 25.0 Å². The molecule has 2 rings (SSSR count). The maximum absolute atomic E-state index is 10.9. The first-order chi connectivity index (χ1) is 9.49. The molecule has 0 amide bonds. The van der Waals surface area contributed by atoms with E-state index in [2.05, 4.69) is 5.32 Å². The molecule has 2 atom stereocenters. The van der Waals surface area contributed by atoms with Crippen LogP contribution >= 0.6 is 0 Å². The summed E-state index contributed by atoms with van der Waals surface area (Å²) in [7, 11) is 0. The molecule has 0 aliphatic heterocycles.